The van der Waals surface area contributed by atoms with Crippen molar-refractivity contribution in [1.29, 1.82) is 0 Å². The summed E-state index contributed by atoms with van der Waals surface area (Å²) in [6, 6.07) is 3.35. The Morgan fingerprint density at radius 3 is 2.16 bits per heavy atom. The maximum absolute atomic E-state index is 13.3. The van der Waals surface area contributed by atoms with Crippen molar-refractivity contribution in [2.75, 3.05) is 0 Å². The molecule has 0 bridgehead atoms. The SMILES string of the molecule is CC(O)(CCc1cc(F)cc(F)c1)CCC1C(O)CC(O)C1CCCCCCC(=O)O. The van der Waals surface area contributed by atoms with Crippen LogP contribution in [0.4, 0.5) is 8.78 Å². The van der Waals surface area contributed by atoms with Crippen molar-refractivity contribution in [2.45, 2.75) is 95.4 Å². The number of aliphatic carboxylic acids is 1. The number of aryl methyl sites for hydroxylation is 1. The van der Waals surface area contributed by atoms with Gasteiger partial charge in [-0.15, -0.1) is 0 Å². The van der Waals surface area contributed by atoms with Gasteiger partial charge in [-0.3, -0.25) is 4.79 Å². The lowest BCUT2D eigenvalue weighted by molar-refractivity contribution is -0.137. The van der Waals surface area contributed by atoms with Crippen LogP contribution in [0.15, 0.2) is 18.2 Å². The van der Waals surface area contributed by atoms with Crippen molar-refractivity contribution < 1.29 is 34.0 Å². The number of halogens is 2. The van der Waals surface area contributed by atoms with Crippen LogP contribution in [0.3, 0.4) is 0 Å². The number of benzene rings is 1. The molecule has 5 unspecified atom stereocenters. The topological polar surface area (TPSA) is 98.0 Å². The summed E-state index contributed by atoms with van der Waals surface area (Å²) in [5.74, 6) is -2.20. The Balaban J connectivity index is 1.80. The Morgan fingerprint density at radius 1 is 0.968 bits per heavy atom. The Labute approximate surface area is 183 Å². The minimum atomic E-state index is -1.04. The number of aliphatic hydroxyl groups excluding tert-OH is 2. The molecule has 5 nitrogen and oxygen atoms in total. The lowest BCUT2D eigenvalue weighted by Gasteiger charge is -2.29. The van der Waals surface area contributed by atoms with E-state index in [0.717, 1.165) is 31.7 Å². The highest BCUT2D eigenvalue weighted by atomic mass is 19.1. The molecule has 0 aliphatic heterocycles. The van der Waals surface area contributed by atoms with Gasteiger partial charge < -0.3 is 20.4 Å². The minimum Gasteiger partial charge on any atom is -0.481 e. The standard InChI is InChI=1S/C24H36F2O5/c1-24(31,10-8-16-12-17(25)14-18(26)13-16)11-9-20-19(21(27)15-22(20)28)6-4-2-3-5-7-23(29)30/h12-14,19-22,27-28,31H,2-11,15H2,1H3,(H,29,30). The Kier molecular flexibility index (Phi) is 9.85. The van der Waals surface area contributed by atoms with Gasteiger partial charge in [-0.25, -0.2) is 8.78 Å². The average Bonchev–Trinajstić information content (AvgIpc) is 2.93. The summed E-state index contributed by atoms with van der Waals surface area (Å²) in [6.07, 6.45) is 5.00. The maximum Gasteiger partial charge on any atom is 0.303 e. The molecule has 0 aromatic heterocycles. The molecule has 1 aromatic rings. The fourth-order valence-electron chi connectivity index (χ4n) is 4.76. The zero-order valence-corrected chi connectivity index (χ0v) is 18.3. The molecule has 1 aliphatic rings. The fourth-order valence-corrected chi connectivity index (χ4v) is 4.76. The molecule has 176 valence electrons. The lowest BCUT2D eigenvalue weighted by atomic mass is 9.81. The molecule has 0 saturated heterocycles. The highest BCUT2D eigenvalue weighted by molar-refractivity contribution is 5.66. The molecule has 31 heavy (non-hydrogen) atoms. The van der Waals surface area contributed by atoms with Crippen LogP contribution in [-0.4, -0.2) is 44.2 Å². The first-order chi connectivity index (χ1) is 14.6. The first kappa shape index (κ1) is 25.7. The highest BCUT2D eigenvalue weighted by Crippen LogP contribution is 2.40. The van der Waals surface area contributed by atoms with Crippen molar-refractivity contribution >= 4 is 5.97 Å². The molecule has 1 saturated carbocycles. The number of hydrogen-bond donors (Lipinski definition) is 4. The van der Waals surface area contributed by atoms with Gasteiger partial charge in [0.2, 0.25) is 0 Å². The van der Waals surface area contributed by atoms with Gasteiger partial charge in [0.15, 0.2) is 0 Å². The number of carboxylic acid groups (broad SMARTS) is 1. The molecule has 4 N–H and O–H groups in total. The van der Waals surface area contributed by atoms with Gasteiger partial charge in [0.1, 0.15) is 11.6 Å². The van der Waals surface area contributed by atoms with Gasteiger partial charge in [-0.05, 0) is 81.4 Å². The first-order valence-electron chi connectivity index (χ1n) is 11.3. The monoisotopic (exact) mass is 442 g/mol. The van der Waals surface area contributed by atoms with Gasteiger partial charge in [0.05, 0.1) is 17.8 Å². The largest absolute Gasteiger partial charge is 0.481 e. The van der Waals surface area contributed by atoms with E-state index in [2.05, 4.69) is 0 Å². The second-order valence-electron chi connectivity index (χ2n) is 9.36. The molecule has 2 rings (SSSR count). The van der Waals surface area contributed by atoms with Crippen molar-refractivity contribution in [3.05, 3.63) is 35.4 Å². The van der Waals surface area contributed by atoms with Gasteiger partial charge in [-0.2, -0.15) is 0 Å². The Hall–Kier alpha value is -1.57. The van der Waals surface area contributed by atoms with Gasteiger partial charge in [0.25, 0.3) is 0 Å². The number of aliphatic hydroxyl groups is 3. The van der Waals surface area contributed by atoms with E-state index in [1.165, 1.54) is 12.1 Å². The van der Waals surface area contributed by atoms with Crippen molar-refractivity contribution in [1.82, 2.24) is 0 Å². The summed E-state index contributed by atoms with van der Waals surface area (Å²) in [4.78, 5) is 10.6. The van der Waals surface area contributed by atoms with E-state index in [4.69, 9.17) is 5.11 Å². The third-order valence-corrected chi connectivity index (χ3v) is 6.59. The van der Waals surface area contributed by atoms with Crippen LogP contribution in [0.2, 0.25) is 0 Å². The van der Waals surface area contributed by atoms with Gasteiger partial charge >= 0.3 is 5.97 Å². The van der Waals surface area contributed by atoms with Crippen LogP contribution in [-0.2, 0) is 11.2 Å². The number of carbonyl (C=O) groups is 1. The normalized spacial score (nSPS) is 25.5. The zero-order chi connectivity index (χ0) is 23.0. The Morgan fingerprint density at radius 2 is 1.55 bits per heavy atom. The van der Waals surface area contributed by atoms with Crippen molar-refractivity contribution in [3.63, 3.8) is 0 Å². The number of hydrogen-bond acceptors (Lipinski definition) is 4. The zero-order valence-electron chi connectivity index (χ0n) is 18.3. The number of carboxylic acids is 1. The molecular weight excluding hydrogens is 406 g/mol. The van der Waals surface area contributed by atoms with Gasteiger partial charge in [0, 0.05) is 12.5 Å². The van der Waals surface area contributed by atoms with E-state index in [0.29, 0.717) is 44.1 Å². The first-order valence-corrected chi connectivity index (χ1v) is 11.3. The summed E-state index contributed by atoms with van der Waals surface area (Å²) in [5.41, 5.74) is -0.549. The number of unbranched alkanes of at least 4 members (excludes halogenated alkanes) is 3. The molecule has 0 spiro atoms. The summed E-state index contributed by atoms with van der Waals surface area (Å²) in [6.45, 7) is 1.69. The van der Waals surface area contributed by atoms with Crippen molar-refractivity contribution in [2.24, 2.45) is 11.8 Å². The second kappa shape index (κ2) is 11.9. The third-order valence-electron chi connectivity index (χ3n) is 6.59. The molecular formula is C24H36F2O5. The van der Waals surface area contributed by atoms with Crippen LogP contribution in [0.25, 0.3) is 0 Å². The van der Waals surface area contributed by atoms with Crippen LogP contribution < -0.4 is 0 Å². The highest BCUT2D eigenvalue weighted by Gasteiger charge is 2.41. The molecule has 1 aromatic carbocycles. The van der Waals surface area contributed by atoms with Crippen molar-refractivity contribution in [3.8, 4) is 0 Å². The summed E-state index contributed by atoms with van der Waals surface area (Å²) >= 11 is 0. The van der Waals surface area contributed by atoms with Crippen LogP contribution in [0.5, 0.6) is 0 Å². The van der Waals surface area contributed by atoms with E-state index in [1.807, 2.05) is 0 Å². The molecule has 5 atom stereocenters. The van der Waals surface area contributed by atoms with Crippen LogP contribution in [0, 0.1) is 23.5 Å². The molecule has 7 heteroatoms. The van der Waals surface area contributed by atoms with E-state index in [9.17, 15) is 28.9 Å². The predicted octanol–water partition coefficient (Wildman–Crippen LogP) is 4.21. The summed E-state index contributed by atoms with van der Waals surface area (Å²) < 4.78 is 26.7. The maximum atomic E-state index is 13.3. The van der Waals surface area contributed by atoms with E-state index >= 15 is 0 Å². The lowest BCUT2D eigenvalue weighted by Crippen LogP contribution is -2.29. The smallest absolute Gasteiger partial charge is 0.303 e. The molecule has 0 heterocycles. The van der Waals surface area contributed by atoms with E-state index in [-0.39, 0.29) is 18.3 Å². The van der Waals surface area contributed by atoms with Crippen LogP contribution >= 0.6 is 0 Å². The third kappa shape index (κ3) is 8.83. The quantitative estimate of drug-likeness (QED) is 0.343. The minimum absolute atomic E-state index is 0.0393. The van der Waals surface area contributed by atoms with E-state index < -0.39 is 35.4 Å². The van der Waals surface area contributed by atoms with Crippen LogP contribution in [0.1, 0.15) is 76.7 Å². The summed E-state index contributed by atoms with van der Waals surface area (Å²) in [7, 11) is 0. The fraction of sp³-hybridized carbons (Fsp3) is 0.708. The van der Waals surface area contributed by atoms with Gasteiger partial charge in [-0.1, -0.05) is 19.3 Å². The predicted molar refractivity (Wildman–Crippen MR) is 113 cm³/mol. The molecule has 0 amide bonds. The summed E-state index contributed by atoms with van der Waals surface area (Å²) in [5, 5.41) is 40.2. The molecule has 1 aliphatic carbocycles. The Bertz CT molecular complexity index is 689. The molecule has 1 fully saturated rings. The molecule has 0 radical (unpaired) electrons. The average molecular weight is 443 g/mol. The number of rotatable bonds is 13. The van der Waals surface area contributed by atoms with E-state index in [1.54, 1.807) is 6.92 Å². The second-order valence-corrected chi connectivity index (χ2v) is 9.36.